The van der Waals surface area contributed by atoms with Crippen molar-refractivity contribution in [1.29, 1.82) is 0 Å². The Hall–Kier alpha value is -2.38. The molecule has 25 heavy (non-hydrogen) atoms. The zero-order valence-corrected chi connectivity index (χ0v) is 15.4. The van der Waals surface area contributed by atoms with Crippen molar-refractivity contribution >= 4 is 24.0 Å². The average Bonchev–Trinajstić information content (AvgIpc) is 2.65. The third kappa shape index (κ3) is 3.25. The van der Waals surface area contributed by atoms with Crippen LogP contribution in [-0.4, -0.2) is 10.1 Å². The first-order valence-electron chi connectivity index (χ1n) is 8.44. The Bertz CT molecular complexity index is 911. The second kappa shape index (κ2) is 7.25. The van der Waals surface area contributed by atoms with Crippen molar-refractivity contribution in [3.63, 3.8) is 0 Å². The summed E-state index contributed by atoms with van der Waals surface area (Å²) in [5, 5.41) is 12.0. The summed E-state index contributed by atoms with van der Waals surface area (Å²) in [6.45, 7) is 3.80. The number of rotatable bonds is 4. The first-order valence-corrected chi connectivity index (χ1v) is 10.1. The molecule has 0 saturated carbocycles. The van der Waals surface area contributed by atoms with E-state index < -0.39 is 7.14 Å². The summed E-state index contributed by atoms with van der Waals surface area (Å²) in [7, 11) is -3.23. The van der Waals surface area contributed by atoms with Gasteiger partial charge in [0.1, 0.15) is 5.75 Å². The van der Waals surface area contributed by atoms with Crippen LogP contribution in [0.15, 0.2) is 66.0 Å². The van der Waals surface area contributed by atoms with Gasteiger partial charge in [-0.05, 0) is 44.4 Å². The number of benzene rings is 1. The summed E-state index contributed by atoms with van der Waals surface area (Å²) in [6.07, 6.45) is 11.5. The van der Waals surface area contributed by atoms with Gasteiger partial charge in [-0.25, -0.2) is 4.98 Å². The van der Waals surface area contributed by atoms with Crippen molar-refractivity contribution < 1.29 is 9.67 Å². The average molecular weight is 351 g/mol. The number of aromatic nitrogens is 1. The highest BCUT2D eigenvalue weighted by molar-refractivity contribution is 7.82. The van der Waals surface area contributed by atoms with Crippen LogP contribution >= 0.6 is 7.14 Å². The molecule has 1 N–H and O–H groups in total. The van der Waals surface area contributed by atoms with E-state index in [1.165, 1.54) is 0 Å². The Kier molecular flexibility index (Phi) is 5.06. The van der Waals surface area contributed by atoms with E-state index in [0.717, 1.165) is 29.4 Å². The molecule has 1 aliphatic carbocycles. The normalized spacial score (nSPS) is 16.6. The second-order valence-corrected chi connectivity index (χ2v) is 8.76. The summed E-state index contributed by atoms with van der Waals surface area (Å²) in [4.78, 5) is 4.61. The standard InChI is InChI=1S/C21H22NO2P/c1-3-10-19-16(2)15-20(23)21(22-19)25(24,17-11-6-4-7-12-17)18-13-8-5-9-14-18/h3-4,6-8,10-15,23H,5,9H2,1-2H3. The van der Waals surface area contributed by atoms with Gasteiger partial charge in [-0.3, -0.25) is 0 Å². The maximum Gasteiger partial charge on any atom is 0.191 e. The molecule has 0 aliphatic heterocycles. The highest BCUT2D eigenvalue weighted by atomic mass is 31.2. The lowest BCUT2D eigenvalue weighted by molar-refractivity contribution is 0.476. The number of allylic oxidation sites excluding steroid dienone is 5. The van der Waals surface area contributed by atoms with E-state index >= 15 is 0 Å². The highest BCUT2D eigenvalue weighted by Crippen LogP contribution is 2.54. The molecule has 1 aliphatic rings. The molecule has 0 amide bonds. The molecule has 0 spiro atoms. The van der Waals surface area contributed by atoms with Gasteiger partial charge in [0, 0.05) is 10.6 Å². The number of aryl methyl sites for hydroxylation is 1. The van der Waals surface area contributed by atoms with Gasteiger partial charge in [-0.1, -0.05) is 54.6 Å². The van der Waals surface area contributed by atoms with E-state index in [2.05, 4.69) is 4.98 Å². The van der Waals surface area contributed by atoms with Gasteiger partial charge < -0.3 is 9.67 Å². The van der Waals surface area contributed by atoms with Gasteiger partial charge >= 0.3 is 0 Å². The largest absolute Gasteiger partial charge is 0.505 e. The lowest BCUT2D eigenvalue weighted by Crippen LogP contribution is -2.21. The molecule has 0 bridgehead atoms. The van der Waals surface area contributed by atoms with Crippen LogP contribution in [0.25, 0.3) is 6.08 Å². The van der Waals surface area contributed by atoms with Crippen LogP contribution in [0.2, 0.25) is 0 Å². The summed E-state index contributed by atoms with van der Waals surface area (Å²) in [5.41, 5.74) is 1.84. The van der Waals surface area contributed by atoms with E-state index in [0.29, 0.717) is 5.30 Å². The molecule has 0 saturated heterocycles. The van der Waals surface area contributed by atoms with E-state index in [1.54, 1.807) is 6.07 Å². The highest BCUT2D eigenvalue weighted by Gasteiger charge is 2.35. The molecule has 0 fully saturated rings. The molecule has 3 nitrogen and oxygen atoms in total. The van der Waals surface area contributed by atoms with Crippen LogP contribution in [0.3, 0.4) is 0 Å². The predicted molar refractivity (Wildman–Crippen MR) is 105 cm³/mol. The van der Waals surface area contributed by atoms with E-state index in [9.17, 15) is 9.67 Å². The Labute approximate surface area is 148 Å². The molecular weight excluding hydrogens is 329 g/mol. The fourth-order valence-corrected chi connectivity index (χ4v) is 5.74. The summed E-state index contributed by atoms with van der Waals surface area (Å²) in [6, 6.07) is 11.0. The summed E-state index contributed by atoms with van der Waals surface area (Å²) >= 11 is 0. The van der Waals surface area contributed by atoms with Crippen LogP contribution in [-0.2, 0) is 4.57 Å². The fraction of sp³-hybridized carbons (Fsp3) is 0.190. The van der Waals surface area contributed by atoms with Crippen LogP contribution in [0.4, 0.5) is 0 Å². The predicted octanol–water partition coefficient (Wildman–Crippen LogP) is 4.68. The first-order chi connectivity index (χ1) is 12.1. The minimum absolute atomic E-state index is 0.0159. The number of pyridine rings is 1. The van der Waals surface area contributed by atoms with Crippen LogP contribution < -0.4 is 10.7 Å². The number of aromatic hydroxyl groups is 1. The van der Waals surface area contributed by atoms with Gasteiger partial charge in [0.2, 0.25) is 0 Å². The number of hydrogen-bond acceptors (Lipinski definition) is 3. The second-order valence-electron chi connectivity index (χ2n) is 6.09. The lowest BCUT2D eigenvalue weighted by atomic mass is 10.2. The van der Waals surface area contributed by atoms with Gasteiger partial charge in [-0.2, -0.15) is 0 Å². The van der Waals surface area contributed by atoms with E-state index in [4.69, 9.17) is 0 Å². The van der Waals surface area contributed by atoms with Crippen molar-refractivity contribution in [2.75, 3.05) is 0 Å². The number of nitrogens with zero attached hydrogens (tertiary/aromatic N) is 1. The molecule has 0 radical (unpaired) electrons. The van der Waals surface area contributed by atoms with E-state index in [-0.39, 0.29) is 11.2 Å². The molecule has 2 aromatic rings. The lowest BCUT2D eigenvalue weighted by Gasteiger charge is -2.23. The maximum absolute atomic E-state index is 14.3. The molecule has 4 heteroatoms. The van der Waals surface area contributed by atoms with Crippen molar-refractivity contribution in [2.24, 2.45) is 0 Å². The van der Waals surface area contributed by atoms with E-state index in [1.807, 2.05) is 74.6 Å². The Morgan fingerprint density at radius 2 is 1.96 bits per heavy atom. The van der Waals surface area contributed by atoms with Crippen molar-refractivity contribution in [1.82, 2.24) is 4.98 Å². The topological polar surface area (TPSA) is 50.2 Å². The Morgan fingerprint density at radius 3 is 2.60 bits per heavy atom. The fourth-order valence-electron chi connectivity index (χ4n) is 3.03. The van der Waals surface area contributed by atoms with Crippen LogP contribution in [0.5, 0.6) is 5.75 Å². The molecule has 128 valence electrons. The SMILES string of the molecule is CC=Cc1nc(P(=O)(C2=CCCC=C2)c2ccccc2)c(O)cc1C. The van der Waals surface area contributed by atoms with Gasteiger partial charge in [0.25, 0.3) is 0 Å². The van der Waals surface area contributed by atoms with Gasteiger partial charge in [0.15, 0.2) is 12.6 Å². The zero-order valence-electron chi connectivity index (χ0n) is 14.5. The van der Waals surface area contributed by atoms with Crippen molar-refractivity contribution in [3.8, 4) is 5.75 Å². The molecule has 1 aromatic carbocycles. The molecule has 1 aromatic heterocycles. The van der Waals surface area contributed by atoms with Gasteiger partial charge in [0.05, 0.1) is 5.69 Å². The van der Waals surface area contributed by atoms with Crippen LogP contribution in [0.1, 0.15) is 31.0 Å². The molecule has 1 heterocycles. The minimum atomic E-state index is -3.23. The smallest absolute Gasteiger partial charge is 0.191 e. The maximum atomic E-state index is 14.3. The van der Waals surface area contributed by atoms with Gasteiger partial charge in [-0.15, -0.1) is 0 Å². The number of hydrogen-bond donors (Lipinski definition) is 1. The van der Waals surface area contributed by atoms with Crippen molar-refractivity contribution in [2.45, 2.75) is 26.7 Å². The Balaban J connectivity index is 2.30. The third-order valence-corrected chi connectivity index (χ3v) is 7.30. The monoisotopic (exact) mass is 351 g/mol. The summed E-state index contributed by atoms with van der Waals surface area (Å²) in [5.74, 6) is -0.0159. The Morgan fingerprint density at radius 1 is 1.20 bits per heavy atom. The minimum Gasteiger partial charge on any atom is -0.505 e. The zero-order chi connectivity index (χ0) is 17.9. The molecular formula is C21H22NO2P. The van der Waals surface area contributed by atoms with Crippen molar-refractivity contribution in [3.05, 3.63) is 77.3 Å². The quantitative estimate of drug-likeness (QED) is 0.814. The molecule has 1 atom stereocenters. The molecule has 3 rings (SSSR count). The third-order valence-electron chi connectivity index (χ3n) is 4.29. The summed E-state index contributed by atoms with van der Waals surface area (Å²) < 4.78 is 14.3. The molecule has 1 unspecified atom stereocenters. The van der Waals surface area contributed by atoms with Crippen LogP contribution in [0, 0.1) is 6.92 Å². The first kappa shape index (κ1) is 17.4.